The number of hydrogen-bond donors (Lipinski definition) is 0. The maximum Gasteiger partial charge on any atom is 0.458 e. The second-order valence-corrected chi connectivity index (χ2v) is 9.76. The van der Waals surface area contributed by atoms with Crippen LogP contribution in [0, 0.1) is 0 Å². The molecule has 2 fully saturated rings. The smallest absolute Gasteiger partial charge is 0.403 e. The van der Waals surface area contributed by atoms with E-state index in [2.05, 4.69) is 62.3 Å². The Kier molecular flexibility index (Phi) is 6.11. The maximum atomic E-state index is 6.35. The summed E-state index contributed by atoms with van der Waals surface area (Å²) in [5.74, 6) is 0. The third kappa shape index (κ3) is 4.28. The molecule has 2 heterocycles. The van der Waals surface area contributed by atoms with Crippen molar-refractivity contribution in [3.05, 3.63) is 0 Å². The standard InChI is InChI=1S/C19H38B2O4/c1-10-11-12-13-14-15(20-22-16(2,3)17(4,5)23-20)21-24-18(6,7)19(8,9)25-21/h15H,10-14H2,1-9H3. The van der Waals surface area contributed by atoms with E-state index in [4.69, 9.17) is 18.6 Å². The van der Waals surface area contributed by atoms with Crippen LogP contribution in [0.25, 0.3) is 0 Å². The quantitative estimate of drug-likeness (QED) is 0.475. The predicted molar refractivity (Wildman–Crippen MR) is 105 cm³/mol. The largest absolute Gasteiger partial charge is 0.458 e. The van der Waals surface area contributed by atoms with Gasteiger partial charge >= 0.3 is 14.2 Å². The van der Waals surface area contributed by atoms with Crippen molar-refractivity contribution in [1.82, 2.24) is 0 Å². The van der Waals surface area contributed by atoms with Gasteiger partial charge in [-0.1, -0.05) is 39.0 Å². The fraction of sp³-hybridized carbons (Fsp3) is 1.00. The first-order valence-corrected chi connectivity index (χ1v) is 10.0. The molecule has 0 amide bonds. The van der Waals surface area contributed by atoms with Crippen LogP contribution < -0.4 is 0 Å². The first-order chi connectivity index (χ1) is 11.3. The summed E-state index contributed by atoms with van der Waals surface area (Å²) < 4.78 is 25.4. The Labute approximate surface area is 156 Å². The van der Waals surface area contributed by atoms with Crippen LogP contribution >= 0.6 is 0 Å². The van der Waals surface area contributed by atoms with Gasteiger partial charge in [0, 0.05) is 5.72 Å². The summed E-state index contributed by atoms with van der Waals surface area (Å²) in [5, 5.41) is 0. The average Bonchev–Trinajstić information content (AvgIpc) is 2.78. The minimum atomic E-state index is -0.330. The van der Waals surface area contributed by atoms with Crippen molar-refractivity contribution in [2.24, 2.45) is 0 Å². The minimum absolute atomic E-state index is 0.0824. The summed E-state index contributed by atoms with van der Waals surface area (Å²) in [5.41, 5.74) is -1.24. The maximum absolute atomic E-state index is 6.35. The van der Waals surface area contributed by atoms with Crippen LogP contribution in [0.2, 0.25) is 5.72 Å². The number of unbranched alkanes of at least 4 members (excludes halogenated alkanes) is 3. The summed E-state index contributed by atoms with van der Waals surface area (Å²) in [6.07, 6.45) is 5.86. The molecular formula is C19H38B2O4. The fourth-order valence-electron chi connectivity index (χ4n) is 3.33. The van der Waals surface area contributed by atoms with Gasteiger partial charge in [-0.15, -0.1) is 0 Å². The molecule has 0 bridgehead atoms. The molecule has 6 heteroatoms. The zero-order chi connectivity index (χ0) is 19.1. The zero-order valence-electron chi connectivity index (χ0n) is 17.9. The fourth-order valence-corrected chi connectivity index (χ4v) is 3.33. The molecule has 0 aromatic heterocycles. The molecule has 0 atom stereocenters. The molecule has 0 N–H and O–H groups in total. The highest BCUT2D eigenvalue weighted by molar-refractivity contribution is 6.68. The van der Waals surface area contributed by atoms with E-state index in [1.807, 2.05) is 0 Å². The van der Waals surface area contributed by atoms with Crippen LogP contribution in [0.1, 0.15) is 94.4 Å². The molecule has 4 nitrogen and oxygen atoms in total. The first-order valence-electron chi connectivity index (χ1n) is 10.0. The van der Waals surface area contributed by atoms with Crippen LogP contribution in [0.15, 0.2) is 0 Å². The molecule has 2 saturated heterocycles. The highest BCUT2D eigenvalue weighted by atomic mass is 16.7. The van der Waals surface area contributed by atoms with Crippen molar-refractivity contribution in [2.75, 3.05) is 0 Å². The lowest BCUT2D eigenvalue weighted by Gasteiger charge is -2.32. The van der Waals surface area contributed by atoms with Crippen LogP contribution in [0.3, 0.4) is 0 Å². The third-order valence-electron chi connectivity index (χ3n) is 6.63. The summed E-state index contributed by atoms with van der Waals surface area (Å²) in [6.45, 7) is 19.1. The molecule has 0 radical (unpaired) electrons. The molecule has 144 valence electrons. The van der Waals surface area contributed by atoms with Crippen LogP contribution in [0.4, 0.5) is 0 Å². The molecule has 2 rings (SSSR count). The van der Waals surface area contributed by atoms with Gasteiger partial charge in [0.15, 0.2) is 0 Å². The lowest BCUT2D eigenvalue weighted by Crippen LogP contribution is -2.41. The summed E-state index contributed by atoms with van der Waals surface area (Å²) in [7, 11) is -0.581. The Morgan fingerprint density at radius 1 is 0.600 bits per heavy atom. The summed E-state index contributed by atoms with van der Waals surface area (Å²) in [6, 6.07) is 0. The van der Waals surface area contributed by atoms with Crippen molar-refractivity contribution in [1.29, 1.82) is 0 Å². The SMILES string of the molecule is CCCCCCC(B1OC(C)(C)C(C)(C)O1)B1OC(C)(C)C(C)(C)O1. The summed E-state index contributed by atoms with van der Waals surface area (Å²) in [4.78, 5) is 0. The van der Waals surface area contributed by atoms with Crippen molar-refractivity contribution >= 4 is 14.2 Å². The highest BCUT2D eigenvalue weighted by Crippen LogP contribution is 2.46. The van der Waals surface area contributed by atoms with Crippen LogP contribution in [0.5, 0.6) is 0 Å². The van der Waals surface area contributed by atoms with Crippen LogP contribution in [-0.2, 0) is 18.6 Å². The zero-order valence-corrected chi connectivity index (χ0v) is 17.9. The molecular weight excluding hydrogens is 314 g/mol. The van der Waals surface area contributed by atoms with Gasteiger partial charge in [0.2, 0.25) is 0 Å². The van der Waals surface area contributed by atoms with E-state index in [-0.39, 0.29) is 42.4 Å². The molecule has 2 aliphatic heterocycles. The number of rotatable bonds is 7. The van der Waals surface area contributed by atoms with Gasteiger partial charge in [-0.05, 0) is 55.4 Å². The van der Waals surface area contributed by atoms with E-state index >= 15 is 0 Å². The second-order valence-electron chi connectivity index (χ2n) is 9.76. The predicted octanol–water partition coefficient (Wildman–Crippen LogP) is 5.05. The molecule has 0 aliphatic carbocycles. The van der Waals surface area contributed by atoms with Crippen molar-refractivity contribution in [2.45, 2.75) is 123 Å². The molecule has 0 spiro atoms. The van der Waals surface area contributed by atoms with Gasteiger partial charge in [0.05, 0.1) is 22.4 Å². The molecule has 25 heavy (non-hydrogen) atoms. The molecule has 0 aromatic rings. The van der Waals surface area contributed by atoms with Crippen molar-refractivity contribution in [3.63, 3.8) is 0 Å². The minimum Gasteiger partial charge on any atom is -0.403 e. The Morgan fingerprint density at radius 3 is 1.28 bits per heavy atom. The van der Waals surface area contributed by atoms with Crippen molar-refractivity contribution in [3.8, 4) is 0 Å². The molecule has 0 unspecified atom stereocenters. The van der Waals surface area contributed by atoms with E-state index in [0.29, 0.717) is 0 Å². The van der Waals surface area contributed by atoms with E-state index < -0.39 is 0 Å². The summed E-state index contributed by atoms with van der Waals surface area (Å²) >= 11 is 0. The number of hydrogen-bond acceptors (Lipinski definition) is 4. The molecule has 0 aromatic carbocycles. The van der Waals surface area contributed by atoms with Gasteiger partial charge in [0.1, 0.15) is 0 Å². The van der Waals surface area contributed by atoms with E-state index in [1.54, 1.807) is 0 Å². The second kappa shape index (κ2) is 7.18. The van der Waals surface area contributed by atoms with Gasteiger partial charge < -0.3 is 18.6 Å². The van der Waals surface area contributed by atoms with E-state index in [1.165, 1.54) is 19.3 Å². The third-order valence-corrected chi connectivity index (χ3v) is 6.63. The topological polar surface area (TPSA) is 36.9 Å². The lowest BCUT2D eigenvalue weighted by atomic mass is 9.50. The van der Waals surface area contributed by atoms with E-state index in [9.17, 15) is 0 Å². The Morgan fingerprint density at radius 2 is 0.960 bits per heavy atom. The molecule has 2 aliphatic rings. The van der Waals surface area contributed by atoms with E-state index in [0.717, 1.165) is 12.8 Å². The van der Waals surface area contributed by atoms with Crippen molar-refractivity contribution < 1.29 is 18.6 Å². The molecule has 0 saturated carbocycles. The lowest BCUT2D eigenvalue weighted by molar-refractivity contribution is 0.00578. The normalized spacial score (nSPS) is 26.6. The average molecular weight is 352 g/mol. The monoisotopic (exact) mass is 352 g/mol. The highest BCUT2D eigenvalue weighted by Gasteiger charge is 2.61. The van der Waals surface area contributed by atoms with Gasteiger partial charge in [-0.3, -0.25) is 0 Å². The van der Waals surface area contributed by atoms with Crippen LogP contribution in [-0.4, -0.2) is 36.6 Å². The van der Waals surface area contributed by atoms with Gasteiger partial charge in [-0.2, -0.15) is 0 Å². The first kappa shape index (κ1) is 21.3. The Bertz CT molecular complexity index is 394. The van der Waals surface area contributed by atoms with Gasteiger partial charge in [0.25, 0.3) is 0 Å². The Hall–Kier alpha value is -0.0301. The van der Waals surface area contributed by atoms with Gasteiger partial charge in [-0.25, -0.2) is 0 Å². The Balaban J connectivity index is 2.15.